The van der Waals surface area contributed by atoms with Crippen LogP contribution in [-0.4, -0.2) is 44.3 Å². The summed E-state index contributed by atoms with van der Waals surface area (Å²) in [7, 11) is 1.27. The highest BCUT2D eigenvalue weighted by Gasteiger charge is 2.24. The molecule has 116 valence electrons. The van der Waals surface area contributed by atoms with Crippen LogP contribution < -0.4 is 14.9 Å². The van der Waals surface area contributed by atoms with Gasteiger partial charge in [0.25, 0.3) is 0 Å². The van der Waals surface area contributed by atoms with Crippen LogP contribution in [0.5, 0.6) is 11.5 Å². The maximum Gasteiger partial charge on any atom is 0.496 e. The minimum Gasteiger partial charge on any atom is -0.497 e. The van der Waals surface area contributed by atoms with E-state index in [0.717, 1.165) is 31.4 Å². The predicted octanol–water partition coefficient (Wildman–Crippen LogP) is 0.427. The molecular weight excluding hydrogens is 275 g/mol. The van der Waals surface area contributed by atoms with Gasteiger partial charge in [-0.3, -0.25) is 0 Å². The summed E-state index contributed by atoms with van der Waals surface area (Å²) >= 11 is 0. The third kappa shape index (κ3) is 4.10. The summed E-state index contributed by atoms with van der Waals surface area (Å²) in [5, 5.41) is 18.8. The SMILES string of the molecule is COc1cc(COC2CCCCO2)cc(OC)c1B(O)O. The minimum absolute atomic E-state index is 0.182. The Balaban J connectivity index is 2.12. The van der Waals surface area contributed by atoms with Crippen molar-refractivity contribution in [3.63, 3.8) is 0 Å². The first kappa shape index (κ1) is 16.1. The third-order valence-electron chi connectivity index (χ3n) is 3.44. The number of ether oxygens (including phenoxy) is 4. The van der Waals surface area contributed by atoms with Gasteiger partial charge < -0.3 is 29.0 Å². The van der Waals surface area contributed by atoms with Gasteiger partial charge in [-0.2, -0.15) is 0 Å². The van der Waals surface area contributed by atoms with Crippen LogP contribution >= 0.6 is 0 Å². The summed E-state index contributed by atoms with van der Waals surface area (Å²) in [5.41, 5.74) is 1.03. The van der Waals surface area contributed by atoms with E-state index in [-0.39, 0.29) is 11.8 Å². The summed E-state index contributed by atoms with van der Waals surface area (Å²) in [6.45, 7) is 1.08. The smallest absolute Gasteiger partial charge is 0.496 e. The Hall–Kier alpha value is -1.28. The van der Waals surface area contributed by atoms with Crippen LogP contribution in [0.15, 0.2) is 12.1 Å². The Morgan fingerprint density at radius 1 is 1.19 bits per heavy atom. The van der Waals surface area contributed by atoms with Crippen molar-refractivity contribution in [1.82, 2.24) is 0 Å². The number of rotatable bonds is 6. The lowest BCUT2D eigenvalue weighted by atomic mass is 9.78. The molecule has 6 nitrogen and oxygen atoms in total. The molecular formula is C14H21BO6. The van der Waals surface area contributed by atoms with Crippen molar-refractivity contribution in [3.8, 4) is 11.5 Å². The number of methoxy groups -OCH3 is 2. The molecule has 1 unspecified atom stereocenters. The molecule has 1 fully saturated rings. The molecule has 0 amide bonds. The number of benzene rings is 1. The zero-order valence-electron chi connectivity index (χ0n) is 12.4. The van der Waals surface area contributed by atoms with Crippen molar-refractivity contribution in [3.05, 3.63) is 17.7 Å². The van der Waals surface area contributed by atoms with Crippen LogP contribution in [0.2, 0.25) is 0 Å². The van der Waals surface area contributed by atoms with Crippen LogP contribution in [0.3, 0.4) is 0 Å². The van der Waals surface area contributed by atoms with E-state index in [9.17, 15) is 10.0 Å². The second-order valence-corrected chi connectivity index (χ2v) is 4.89. The van der Waals surface area contributed by atoms with Gasteiger partial charge in [0.15, 0.2) is 6.29 Å². The fourth-order valence-corrected chi connectivity index (χ4v) is 2.36. The molecule has 1 atom stereocenters. The Morgan fingerprint density at radius 3 is 2.33 bits per heavy atom. The van der Waals surface area contributed by atoms with Crippen molar-refractivity contribution in [2.75, 3.05) is 20.8 Å². The molecule has 0 bridgehead atoms. The maximum absolute atomic E-state index is 9.42. The molecule has 2 N–H and O–H groups in total. The van der Waals surface area contributed by atoms with Gasteiger partial charge >= 0.3 is 7.12 Å². The molecule has 2 rings (SSSR count). The fourth-order valence-electron chi connectivity index (χ4n) is 2.36. The zero-order valence-corrected chi connectivity index (χ0v) is 12.4. The fraction of sp³-hybridized carbons (Fsp3) is 0.571. The van der Waals surface area contributed by atoms with Gasteiger partial charge in [-0.05, 0) is 37.0 Å². The topological polar surface area (TPSA) is 77.4 Å². The highest BCUT2D eigenvalue weighted by atomic mass is 16.7. The monoisotopic (exact) mass is 296 g/mol. The first-order valence-electron chi connectivity index (χ1n) is 7.00. The van der Waals surface area contributed by atoms with Crippen molar-refractivity contribution in [2.45, 2.75) is 32.2 Å². The molecule has 1 aliphatic heterocycles. The lowest BCUT2D eigenvalue weighted by Crippen LogP contribution is -2.33. The highest BCUT2D eigenvalue weighted by molar-refractivity contribution is 6.61. The normalized spacial score (nSPS) is 18.4. The van der Waals surface area contributed by atoms with E-state index >= 15 is 0 Å². The molecule has 0 aliphatic carbocycles. The van der Waals surface area contributed by atoms with Gasteiger partial charge in [0.1, 0.15) is 11.5 Å². The summed E-state index contributed by atoms with van der Waals surface area (Å²) in [5.74, 6) is 0.708. The number of hydrogen-bond donors (Lipinski definition) is 2. The van der Waals surface area contributed by atoms with Crippen molar-refractivity contribution >= 4 is 12.6 Å². The van der Waals surface area contributed by atoms with E-state index in [1.54, 1.807) is 12.1 Å². The summed E-state index contributed by atoms with van der Waals surface area (Å²) in [6.07, 6.45) is 2.89. The lowest BCUT2D eigenvalue weighted by molar-refractivity contribution is -0.168. The van der Waals surface area contributed by atoms with Gasteiger partial charge in [-0.1, -0.05) is 0 Å². The summed E-state index contributed by atoms with van der Waals surface area (Å²) in [6, 6.07) is 3.42. The summed E-state index contributed by atoms with van der Waals surface area (Å²) < 4.78 is 21.6. The second-order valence-electron chi connectivity index (χ2n) is 4.89. The van der Waals surface area contributed by atoms with Gasteiger partial charge in [0.05, 0.1) is 26.3 Å². The van der Waals surface area contributed by atoms with E-state index in [0.29, 0.717) is 18.1 Å². The van der Waals surface area contributed by atoms with Crippen LogP contribution in [0.1, 0.15) is 24.8 Å². The van der Waals surface area contributed by atoms with Gasteiger partial charge in [0.2, 0.25) is 0 Å². The average molecular weight is 296 g/mol. The quantitative estimate of drug-likeness (QED) is 0.741. The van der Waals surface area contributed by atoms with Crippen LogP contribution in [0.25, 0.3) is 0 Å². The Labute approximate surface area is 124 Å². The van der Waals surface area contributed by atoms with E-state index < -0.39 is 7.12 Å². The zero-order chi connectivity index (χ0) is 15.2. The van der Waals surface area contributed by atoms with Crippen LogP contribution in [0.4, 0.5) is 0 Å². The van der Waals surface area contributed by atoms with E-state index in [2.05, 4.69) is 0 Å². The molecule has 0 radical (unpaired) electrons. The first-order chi connectivity index (χ1) is 10.2. The predicted molar refractivity (Wildman–Crippen MR) is 77.8 cm³/mol. The van der Waals surface area contributed by atoms with Crippen LogP contribution in [0, 0.1) is 0 Å². The van der Waals surface area contributed by atoms with Crippen molar-refractivity contribution in [2.24, 2.45) is 0 Å². The largest absolute Gasteiger partial charge is 0.497 e. The van der Waals surface area contributed by atoms with E-state index in [1.165, 1.54) is 14.2 Å². The van der Waals surface area contributed by atoms with Gasteiger partial charge in [-0.25, -0.2) is 0 Å². The average Bonchev–Trinajstić information content (AvgIpc) is 2.52. The Bertz CT molecular complexity index is 434. The molecule has 0 aromatic heterocycles. The Morgan fingerprint density at radius 2 is 1.86 bits per heavy atom. The van der Waals surface area contributed by atoms with Crippen LogP contribution in [-0.2, 0) is 16.1 Å². The first-order valence-corrected chi connectivity index (χ1v) is 7.00. The second kappa shape index (κ2) is 7.65. The molecule has 0 spiro atoms. The molecule has 1 saturated heterocycles. The third-order valence-corrected chi connectivity index (χ3v) is 3.44. The molecule has 1 aromatic rings. The van der Waals surface area contributed by atoms with E-state index in [1.807, 2.05) is 0 Å². The number of hydrogen-bond acceptors (Lipinski definition) is 6. The standard InChI is InChI=1S/C14H21BO6/c1-18-11-7-10(8-12(19-2)14(11)15(16)17)9-21-13-5-3-4-6-20-13/h7-8,13,16-17H,3-6,9H2,1-2H3. The summed E-state index contributed by atoms with van der Waals surface area (Å²) in [4.78, 5) is 0. The molecule has 21 heavy (non-hydrogen) atoms. The molecule has 0 saturated carbocycles. The van der Waals surface area contributed by atoms with Crippen molar-refractivity contribution in [1.29, 1.82) is 0 Å². The molecule has 7 heteroatoms. The lowest BCUT2D eigenvalue weighted by Gasteiger charge is -2.23. The van der Waals surface area contributed by atoms with Crippen molar-refractivity contribution < 1.29 is 29.0 Å². The van der Waals surface area contributed by atoms with Gasteiger partial charge in [-0.15, -0.1) is 0 Å². The molecule has 1 aliphatic rings. The minimum atomic E-state index is -1.66. The van der Waals surface area contributed by atoms with Gasteiger partial charge in [0, 0.05) is 6.61 Å². The molecule has 1 aromatic carbocycles. The molecule has 1 heterocycles. The maximum atomic E-state index is 9.42. The Kier molecular flexibility index (Phi) is 5.87. The highest BCUT2D eigenvalue weighted by Crippen LogP contribution is 2.23. The van der Waals surface area contributed by atoms with E-state index in [4.69, 9.17) is 18.9 Å².